The zero-order valence-electron chi connectivity index (χ0n) is 27.3. The van der Waals surface area contributed by atoms with E-state index in [0.29, 0.717) is 0 Å². The van der Waals surface area contributed by atoms with E-state index in [-0.39, 0.29) is 19.5 Å². The first-order valence-electron chi connectivity index (χ1n) is 14.6. The predicted molar refractivity (Wildman–Crippen MR) is 187 cm³/mol. The van der Waals surface area contributed by atoms with Crippen LogP contribution in [0.25, 0.3) is 44.6 Å². The molecule has 0 aliphatic rings. The fraction of sp³-hybridized carbons (Fsp3) is 0. The number of terminal acetylenes is 1. The van der Waals surface area contributed by atoms with Crippen LogP contribution in [0.5, 0.6) is 0 Å². The van der Waals surface area contributed by atoms with Crippen LogP contribution in [-0.2, 0) is 19.5 Å². The molecule has 0 aliphatic carbocycles. The number of benzene rings is 1. The Hall–Kier alpha value is -5.16. The smallest absolute Gasteiger partial charge is 0.255 e. The van der Waals surface area contributed by atoms with Crippen LogP contribution in [0.3, 0.4) is 0 Å². The summed E-state index contributed by atoms with van der Waals surface area (Å²) in [7, 11) is -21.3. The van der Waals surface area contributed by atoms with E-state index in [9.17, 15) is 50.4 Å². The van der Waals surface area contributed by atoms with E-state index in [1.54, 1.807) is 37.2 Å². The Morgan fingerprint density at radius 1 is 0.400 bits per heavy atom. The van der Waals surface area contributed by atoms with Crippen molar-refractivity contribution < 1.29 is 69.8 Å². The first-order valence-corrected chi connectivity index (χ1v) is 18.7. The van der Waals surface area contributed by atoms with Crippen molar-refractivity contribution in [3.05, 3.63) is 146 Å². The Bertz CT molecular complexity index is 2120. The Morgan fingerprint density at radius 2 is 0.727 bits per heavy atom. The van der Waals surface area contributed by atoms with E-state index in [4.69, 9.17) is 6.42 Å². The summed E-state index contributed by atoms with van der Waals surface area (Å²) in [5.41, 5.74) is 6.27. The van der Waals surface area contributed by atoms with Gasteiger partial charge in [0.05, 0.1) is 33.8 Å². The molecular formula is C34H24F12N6P2Ru. The molecule has 6 heterocycles. The Kier molecular flexibility index (Phi) is 14.0. The minimum absolute atomic E-state index is 0. The molecule has 0 spiro atoms. The van der Waals surface area contributed by atoms with E-state index in [2.05, 4.69) is 35.8 Å². The Balaban J connectivity index is 0.000000246. The van der Waals surface area contributed by atoms with Gasteiger partial charge in [-0.2, -0.15) is 0 Å². The first kappa shape index (κ1) is 46.0. The molecule has 6 aromatic heterocycles. The number of rotatable bonds is 2. The van der Waals surface area contributed by atoms with Gasteiger partial charge >= 0.3 is 85.5 Å². The van der Waals surface area contributed by atoms with Crippen LogP contribution < -0.4 is 0 Å². The number of hydrogen-bond acceptors (Lipinski definition) is 6. The van der Waals surface area contributed by atoms with Crippen LogP contribution >= 0.6 is 15.6 Å². The number of hydrogen-bond donors (Lipinski definition) is 0. The standard InChI is InChI=1S/C14H8N2.2C10H8N2.2F6P.Ru/c1-2-10-8-12-6-5-11-4-3-7-15-13(11)14(12)16-9-10;2*1-3-7-11-9(5-1)10-6-2-4-8-12-10;2*1-7(2,3,4,5)6;/h1,3-9H;2*1-8H;;;/q;;;2*-1;+2. The zero-order chi connectivity index (χ0) is 40.2. The normalized spacial score (nSPS) is 13.1. The molecule has 6 nitrogen and oxygen atoms in total. The maximum absolute atomic E-state index is 10.7. The van der Waals surface area contributed by atoms with Crippen molar-refractivity contribution in [3.63, 3.8) is 0 Å². The molecule has 55 heavy (non-hydrogen) atoms. The molecule has 0 unspecified atom stereocenters. The third-order valence-electron chi connectivity index (χ3n) is 5.77. The summed E-state index contributed by atoms with van der Waals surface area (Å²) in [6.07, 6.45) is 15.9. The van der Waals surface area contributed by atoms with E-state index >= 15 is 0 Å². The number of aromatic nitrogens is 6. The molecule has 7 rings (SSSR count). The molecule has 292 valence electrons. The van der Waals surface area contributed by atoms with Gasteiger partial charge in [0.1, 0.15) is 0 Å². The van der Waals surface area contributed by atoms with Crippen molar-refractivity contribution >= 4 is 37.4 Å². The fourth-order valence-electron chi connectivity index (χ4n) is 3.87. The average molecular weight is 908 g/mol. The molecule has 0 fully saturated rings. The summed E-state index contributed by atoms with van der Waals surface area (Å²) in [4.78, 5) is 25.5. The Morgan fingerprint density at radius 3 is 1.05 bits per heavy atom. The van der Waals surface area contributed by atoms with Crippen LogP contribution in [0, 0.1) is 12.3 Å². The van der Waals surface area contributed by atoms with Crippen LogP contribution in [0.1, 0.15) is 5.56 Å². The third kappa shape index (κ3) is 22.0. The second-order valence-electron chi connectivity index (χ2n) is 10.4. The summed E-state index contributed by atoms with van der Waals surface area (Å²) in [5.74, 6) is 2.58. The summed E-state index contributed by atoms with van der Waals surface area (Å²) < 4.78 is 118. The van der Waals surface area contributed by atoms with Gasteiger partial charge in [0.2, 0.25) is 0 Å². The second kappa shape index (κ2) is 16.7. The minimum Gasteiger partial charge on any atom is -0.255 e. The van der Waals surface area contributed by atoms with Crippen LogP contribution in [0.4, 0.5) is 50.4 Å². The number of nitrogens with zero attached hydrogens (tertiary/aromatic N) is 6. The van der Waals surface area contributed by atoms with E-state index in [1.807, 2.05) is 103 Å². The number of halogens is 12. The van der Waals surface area contributed by atoms with Crippen molar-refractivity contribution in [2.75, 3.05) is 0 Å². The SMILES string of the molecule is C#Cc1cnc2c(ccc3cccnc32)c1.F[P-](F)(F)(F)(F)F.F[P-](F)(F)(F)(F)F.[Ru+2].c1ccc(-c2ccccn2)nc1.c1ccc(-c2ccccn2)nc1. The van der Waals surface area contributed by atoms with E-state index in [0.717, 1.165) is 50.1 Å². The monoisotopic (exact) mass is 908 g/mol. The molecule has 0 radical (unpaired) electrons. The van der Waals surface area contributed by atoms with Gasteiger partial charge in [-0.05, 0) is 60.7 Å². The third-order valence-corrected chi connectivity index (χ3v) is 5.77. The molecule has 0 saturated carbocycles. The van der Waals surface area contributed by atoms with Crippen LogP contribution in [0.15, 0.2) is 140 Å². The number of pyridine rings is 6. The summed E-state index contributed by atoms with van der Waals surface area (Å²) in [6, 6.07) is 33.1. The van der Waals surface area contributed by atoms with Crippen molar-refractivity contribution in [2.24, 2.45) is 0 Å². The largest absolute Gasteiger partial charge is 2.00 e. The second-order valence-corrected chi connectivity index (χ2v) is 14.2. The van der Waals surface area contributed by atoms with Gasteiger partial charge in [-0.1, -0.05) is 48.4 Å². The fourth-order valence-corrected chi connectivity index (χ4v) is 3.87. The molecule has 7 aromatic rings. The van der Waals surface area contributed by atoms with Gasteiger partial charge in [-0.15, -0.1) is 6.42 Å². The van der Waals surface area contributed by atoms with Crippen molar-refractivity contribution in [1.29, 1.82) is 0 Å². The van der Waals surface area contributed by atoms with Gasteiger partial charge in [0.15, 0.2) is 0 Å². The molecule has 0 aliphatic heterocycles. The maximum Gasteiger partial charge on any atom is 2.00 e. The molecule has 0 bridgehead atoms. The zero-order valence-corrected chi connectivity index (χ0v) is 30.9. The van der Waals surface area contributed by atoms with Gasteiger partial charge < -0.3 is 0 Å². The topological polar surface area (TPSA) is 77.3 Å². The Labute approximate surface area is 317 Å². The van der Waals surface area contributed by atoms with Crippen LogP contribution in [0.2, 0.25) is 0 Å². The molecule has 1 aromatic carbocycles. The molecule has 21 heteroatoms. The number of fused-ring (bicyclic) bond motifs is 3. The first-order chi connectivity index (χ1) is 24.7. The average Bonchev–Trinajstić information content (AvgIpc) is 3.11. The maximum atomic E-state index is 9.87. The molecule has 0 atom stereocenters. The molecule has 0 saturated heterocycles. The van der Waals surface area contributed by atoms with Gasteiger partial charge in [0, 0.05) is 53.5 Å². The predicted octanol–water partition coefficient (Wildman–Crippen LogP) is 13.8. The van der Waals surface area contributed by atoms with Gasteiger partial charge in [-0.25, -0.2) is 0 Å². The summed E-state index contributed by atoms with van der Waals surface area (Å²) in [5, 5.41) is 2.12. The van der Waals surface area contributed by atoms with Crippen molar-refractivity contribution in [1.82, 2.24) is 29.9 Å². The molecule has 0 N–H and O–H groups in total. The van der Waals surface area contributed by atoms with Gasteiger partial charge in [-0.3, -0.25) is 29.9 Å². The van der Waals surface area contributed by atoms with Crippen LogP contribution in [-0.4, -0.2) is 29.9 Å². The van der Waals surface area contributed by atoms with Gasteiger partial charge in [0.25, 0.3) is 0 Å². The van der Waals surface area contributed by atoms with Crippen molar-refractivity contribution in [3.8, 4) is 35.1 Å². The van der Waals surface area contributed by atoms with E-state index in [1.165, 1.54) is 0 Å². The quantitative estimate of drug-likeness (QED) is 0.0565. The van der Waals surface area contributed by atoms with E-state index < -0.39 is 15.6 Å². The van der Waals surface area contributed by atoms with Crippen molar-refractivity contribution in [2.45, 2.75) is 0 Å². The summed E-state index contributed by atoms with van der Waals surface area (Å²) >= 11 is 0. The molecular weight excluding hydrogens is 883 g/mol. The minimum atomic E-state index is -10.7. The molecule has 0 amide bonds. The summed E-state index contributed by atoms with van der Waals surface area (Å²) in [6.45, 7) is 0.